The molecule has 0 saturated carbocycles. The Hall–Kier alpha value is -1.56. The van der Waals surface area contributed by atoms with Crippen LogP contribution in [0.4, 0.5) is 4.39 Å². The maximum Gasteiger partial charge on any atom is 0.254 e. The first-order valence-corrected chi connectivity index (χ1v) is 5.57. The van der Waals surface area contributed by atoms with Gasteiger partial charge in [0, 0.05) is 23.5 Å². The lowest BCUT2D eigenvalue weighted by atomic mass is 10.2. The van der Waals surface area contributed by atoms with Crippen molar-refractivity contribution < 1.29 is 14.0 Å². The number of halogens is 1. The number of hydrogen-bond acceptors (Lipinski definition) is 3. The molecule has 1 aromatic rings. The minimum atomic E-state index is -0.471. The van der Waals surface area contributed by atoms with Gasteiger partial charge in [-0.1, -0.05) is 0 Å². The zero-order chi connectivity index (χ0) is 12.4. The van der Waals surface area contributed by atoms with Crippen LogP contribution in [-0.2, 0) is 4.79 Å². The first-order valence-electron chi connectivity index (χ1n) is 5.12. The van der Waals surface area contributed by atoms with Gasteiger partial charge in [0.15, 0.2) is 0 Å². The van der Waals surface area contributed by atoms with Crippen LogP contribution in [0.2, 0.25) is 0 Å². The molecule has 1 aliphatic rings. The number of piperazine rings is 1. The number of nitrogens with one attached hydrogen (secondary N) is 1. The zero-order valence-electron chi connectivity index (χ0n) is 8.94. The van der Waals surface area contributed by atoms with Gasteiger partial charge < -0.3 is 10.2 Å². The standard InChI is InChI=1S/C11H11FN2O2S/c12-8-2-1-7(5-9(8)17)11(16)14-4-3-13-10(15)6-14/h1-2,5,17H,3-4,6H2,(H,13,15). The van der Waals surface area contributed by atoms with Gasteiger partial charge in [0.2, 0.25) is 5.91 Å². The van der Waals surface area contributed by atoms with Crippen LogP contribution in [0.5, 0.6) is 0 Å². The van der Waals surface area contributed by atoms with Gasteiger partial charge in [-0.25, -0.2) is 4.39 Å². The van der Waals surface area contributed by atoms with Gasteiger partial charge in [0.05, 0.1) is 6.54 Å². The first kappa shape index (κ1) is 11.9. The van der Waals surface area contributed by atoms with Gasteiger partial charge >= 0.3 is 0 Å². The van der Waals surface area contributed by atoms with Crippen molar-refractivity contribution in [3.05, 3.63) is 29.6 Å². The Morgan fingerprint density at radius 2 is 2.24 bits per heavy atom. The smallest absolute Gasteiger partial charge is 0.254 e. The molecule has 0 spiro atoms. The van der Waals surface area contributed by atoms with Gasteiger partial charge in [0.1, 0.15) is 5.82 Å². The number of rotatable bonds is 1. The lowest BCUT2D eigenvalue weighted by Gasteiger charge is -2.26. The van der Waals surface area contributed by atoms with Crippen molar-refractivity contribution in [1.82, 2.24) is 10.2 Å². The summed E-state index contributed by atoms with van der Waals surface area (Å²) in [5.74, 6) is -0.936. The van der Waals surface area contributed by atoms with E-state index in [0.29, 0.717) is 18.7 Å². The topological polar surface area (TPSA) is 49.4 Å². The van der Waals surface area contributed by atoms with E-state index in [4.69, 9.17) is 0 Å². The van der Waals surface area contributed by atoms with Gasteiger partial charge in [-0.15, -0.1) is 12.6 Å². The Morgan fingerprint density at radius 1 is 1.47 bits per heavy atom. The second-order valence-electron chi connectivity index (χ2n) is 3.74. The van der Waals surface area contributed by atoms with E-state index in [9.17, 15) is 14.0 Å². The quantitative estimate of drug-likeness (QED) is 0.724. The summed E-state index contributed by atoms with van der Waals surface area (Å²) in [6.07, 6.45) is 0. The monoisotopic (exact) mass is 254 g/mol. The maximum atomic E-state index is 13.0. The predicted molar refractivity (Wildman–Crippen MR) is 62.6 cm³/mol. The van der Waals surface area contributed by atoms with E-state index in [1.165, 1.54) is 23.1 Å². The van der Waals surface area contributed by atoms with Crippen molar-refractivity contribution in [2.75, 3.05) is 19.6 Å². The lowest BCUT2D eigenvalue weighted by Crippen LogP contribution is -2.49. The van der Waals surface area contributed by atoms with Crippen molar-refractivity contribution in [3.63, 3.8) is 0 Å². The molecule has 2 amide bonds. The van der Waals surface area contributed by atoms with Gasteiger partial charge in [-0.2, -0.15) is 0 Å². The van der Waals surface area contributed by atoms with Crippen LogP contribution in [0.1, 0.15) is 10.4 Å². The molecule has 0 aliphatic carbocycles. The highest BCUT2D eigenvalue weighted by Gasteiger charge is 2.22. The molecule has 0 unspecified atom stereocenters. The van der Waals surface area contributed by atoms with Gasteiger partial charge in [-0.05, 0) is 18.2 Å². The summed E-state index contributed by atoms with van der Waals surface area (Å²) >= 11 is 3.92. The molecule has 1 heterocycles. The van der Waals surface area contributed by atoms with Crippen molar-refractivity contribution in [2.24, 2.45) is 0 Å². The average Bonchev–Trinajstić information content (AvgIpc) is 2.32. The Bertz CT molecular complexity index is 479. The predicted octanol–water partition coefficient (Wildman–Crippen LogP) is 0.686. The summed E-state index contributed by atoms with van der Waals surface area (Å²) in [5.41, 5.74) is 0.339. The number of carbonyl (C=O) groups is 2. The Kier molecular flexibility index (Phi) is 3.33. The number of hydrogen-bond donors (Lipinski definition) is 2. The Balaban J connectivity index is 2.18. The highest BCUT2D eigenvalue weighted by Crippen LogP contribution is 2.16. The summed E-state index contributed by atoms with van der Waals surface area (Å²) < 4.78 is 13.0. The number of nitrogens with zero attached hydrogens (tertiary/aromatic N) is 1. The average molecular weight is 254 g/mol. The normalized spacial score (nSPS) is 15.6. The largest absolute Gasteiger partial charge is 0.353 e. The highest BCUT2D eigenvalue weighted by atomic mass is 32.1. The van der Waals surface area contributed by atoms with E-state index in [2.05, 4.69) is 17.9 Å². The van der Waals surface area contributed by atoms with Crippen molar-refractivity contribution in [3.8, 4) is 0 Å². The second kappa shape index (κ2) is 4.75. The van der Waals surface area contributed by atoms with E-state index in [0.717, 1.165) is 0 Å². The first-order chi connectivity index (χ1) is 8.08. The summed E-state index contributed by atoms with van der Waals surface area (Å²) in [5, 5.41) is 2.63. The fourth-order valence-electron chi connectivity index (χ4n) is 1.64. The SMILES string of the molecule is O=C1CN(C(=O)c2ccc(F)c(S)c2)CCN1. The Morgan fingerprint density at radius 3 is 2.88 bits per heavy atom. The van der Waals surface area contributed by atoms with Crippen LogP contribution < -0.4 is 5.32 Å². The molecule has 90 valence electrons. The highest BCUT2D eigenvalue weighted by molar-refractivity contribution is 7.80. The number of amides is 2. The summed E-state index contributed by atoms with van der Waals surface area (Å²) in [6.45, 7) is 0.946. The molecule has 1 N–H and O–H groups in total. The van der Waals surface area contributed by atoms with E-state index >= 15 is 0 Å². The summed E-state index contributed by atoms with van der Waals surface area (Å²) in [7, 11) is 0. The molecule has 0 atom stereocenters. The zero-order valence-corrected chi connectivity index (χ0v) is 9.84. The molecule has 0 aromatic heterocycles. The molecule has 4 nitrogen and oxygen atoms in total. The summed E-state index contributed by atoms with van der Waals surface area (Å²) in [6, 6.07) is 3.96. The molecule has 0 radical (unpaired) electrons. The molecule has 2 rings (SSSR count). The van der Waals surface area contributed by atoms with Crippen molar-refractivity contribution in [1.29, 1.82) is 0 Å². The lowest BCUT2D eigenvalue weighted by molar-refractivity contribution is -0.123. The molecule has 17 heavy (non-hydrogen) atoms. The summed E-state index contributed by atoms with van der Waals surface area (Å²) in [4.78, 5) is 24.7. The van der Waals surface area contributed by atoms with Crippen LogP contribution in [0, 0.1) is 5.82 Å². The van der Waals surface area contributed by atoms with Crippen LogP contribution >= 0.6 is 12.6 Å². The molecule has 1 saturated heterocycles. The molecule has 0 bridgehead atoms. The molecule has 1 fully saturated rings. The fraction of sp³-hybridized carbons (Fsp3) is 0.273. The van der Waals surface area contributed by atoms with Crippen molar-refractivity contribution in [2.45, 2.75) is 4.90 Å². The molecular formula is C11H11FN2O2S. The van der Waals surface area contributed by atoms with E-state index < -0.39 is 5.82 Å². The van der Waals surface area contributed by atoms with Gasteiger partial charge in [0.25, 0.3) is 5.91 Å². The van der Waals surface area contributed by atoms with Crippen molar-refractivity contribution >= 4 is 24.4 Å². The van der Waals surface area contributed by atoms with Crippen LogP contribution in [0.3, 0.4) is 0 Å². The van der Waals surface area contributed by atoms with E-state index in [1.807, 2.05) is 0 Å². The molecule has 1 aliphatic heterocycles. The molecular weight excluding hydrogens is 243 g/mol. The van der Waals surface area contributed by atoms with Crippen LogP contribution in [0.25, 0.3) is 0 Å². The Labute approximate surface area is 103 Å². The molecule has 1 aromatic carbocycles. The van der Waals surface area contributed by atoms with Gasteiger partial charge in [-0.3, -0.25) is 9.59 Å². The van der Waals surface area contributed by atoms with E-state index in [-0.39, 0.29) is 23.3 Å². The fourth-order valence-corrected chi connectivity index (χ4v) is 1.85. The van der Waals surface area contributed by atoms with Crippen LogP contribution in [-0.4, -0.2) is 36.3 Å². The second-order valence-corrected chi connectivity index (χ2v) is 4.22. The number of benzene rings is 1. The number of thiol groups is 1. The van der Waals surface area contributed by atoms with E-state index in [1.54, 1.807) is 0 Å². The third-order valence-electron chi connectivity index (χ3n) is 2.52. The molecule has 6 heteroatoms. The maximum absolute atomic E-state index is 13.0. The third-order valence-corrected chi connectivity index (χ3v) is 2.86. The number of carbonyl (C=O) groups excluding carboxylic acids is 2. The minimum absolute atomic E-state index is 0.0398. The third kappa shape index (κ3) is 2.58. The minimum Gasteiger partial charge on any atom is -0.353 e. The van der Waals surface area contributed by atoms with Crippen LogP contribution in [0.15, 0.2) is 23.1 Å².